The van der Waals surface area contributed by atoms with Gasteiger partial charge in [-0.2, -0.15) is 0 Å². The van der Waals surface area contributed by atoms with Gasteiger partial charge >= 0.3 is 0 Å². The van der Waals surface area contributed by atoms with Gasteiger partial charge in [-0.3, -0.25) is 19.2 Å². The first kappa shape index (κ1) is 29.6. The van der Waals surface area contributed by atoms with Gasteiger partial charge in [0.05, 0.1) is 0 Å². The van der Waals surface area contributed by atoms with Crippen molar-refractivity contribution in [1.29, 1.82) is 0 Å². The number of hydrogen-bond donors (Lipinski definition) is 3. The van der Waals surface area contributed by atoms with Gasteiger partial charge in [-0.1, -0.05) is 80.9 Å². The first-order chi connectivity index (χ1) is 18.8. The van der Waals surface area contributed by atoms with Crippen molar-refractivity contribution in [2.24, 2.45) is 5.92 Å². The smallest absolute Gasteiger partial charge is 0.246 e. The van der Waals surface area contributed by atoms with Gasteiger partial charge in [0.2, 0.25) is 23.6 Å². The molecule has 0 bridgehead atoms. The summed E-state index contributed by atoms with van der Waals surface area (Å²) in [6, 6.07) is 16.6. The van der Waals surface area contributed by atoms with E-state index in [1.165, 1.54) is 6.08 Å². The van der Waals surface area contributed by atoms with E-state index in [0.717, 1.165) is 17.5 Å². The van der Waals surface area contributed by atoms with E-state index in [1.807, 2.05) is 81.4 Å². The summed E-state index contributed by atoms with van der Waals surface area (Å²) < 4.78 is 0. The second-order valence-electron chi connectivity index (χ2n) is 9.95. The number of likely N-dealkylation sites (tertiary alicyclic amines) is 1. The van der Waals surface area contributed by atoms with E-state index >= 15 is 0 Å². The fourth-order valence-corrected chi connectivity index (χ4v) is 4.75. The van der Waals surface area contributed by atoms with Gasteiger partial charge in [-0.15, -0.1) is 0 Å². The quantitative estimate of drug-likeness (QED) is 0.365. The van der Waals surface area contributed by atoms with E-state index in [1.54, 1.807) is 11.0 Å². The third-order valence-corrected chi connectivity index (χ3v) is 7.11. The van der Waals surface area contributed by atoms with Crippen LogP contribution in [0.3, 0.4) is 0 Å². The number of carbonyl (C=O) groups is 4. The Morgan fingerprint density at radius 1 is 0.974 bits per heavy atom. The molecule has 0 saturated carbocycles. The number of benzene rings is 2. The van der Waals surface area contributed by atoms with E-state index in [0.29, 0.717) is 25.9 Å². The lowest BCUT2D eigenvalue weighted by Crippen LogP contribution is -2.58. The monoisotopic (exact) mass is 532 g/mol. The molecular weight excluding hydrogens is 492 g/mol. The zero-order chi connectivity index (χ0) is 28.2. The first-order valence-electron chi connectivity index (χ1n) is 13.8. The lowest BCUT2D eigenvalue weighted by molar-refractivity contribution is -0.142. The van der Waals surface area contributed by atoms with E-state index in [-0.39, 0.29) is 30.1 Å². The molecule has 1 fully saturated rings. The van der Waals surface area contributed by atoms with E-state index in [2.05, 4.69) is 16.0 Å². The number of nitrogens with one attached hydrogen (secondary N) is 3. The summed E-state index contributed by atoms with van der Waals surface area (Å²) in [6.45, 7) is 6.62. The number of amides is 4. The van der Waals surface area contributed by atoms with Crippen LogP contribution >= 0.6 is 0 Å². The van der Waals surface area contributed by atoms with Crippen LogP contribution in [0.25, 0.3) is 6.08 Å². The van der Waals surface area contributed by atoms with Crippen LogP contribution in [0.2, 0.25) is 0 Å². The predicted octanol–water partition coefficient (Wildman–Crippen LogP) is 3.09. The Balaban J connectivity index is 1.79. The van der Waals surface area contributed by atoms with Crippen LogP contribution in [-0.2, 0) is 25.6 Å². The Morgan fingerprint density at radius 3 is 2.28 bits per heavy atom. The molecule has 3 rings (SSSR count). The maximum Gasteiger partial charge on any atom is 0.246 e. The zero-order valence-electron chi connectivity index (χ0n) is 23.1. The van der Waals surface area contributed by atoms with Gasteiger partial charge < -0.3 is 20.9 Å². The average Bonchev–Trinajstić information content (AvgIpc) is 3.45. The van der Waals surface area contributed by atoms with Crippen LogP contribution in [0.5, 0.6) is 0 Å². The standard InChI is InChI=1S/C31H40N4O4/c1-4-22(3)28(34-27(36)19-18-23-13-8-6-9-14-23)30(38)33-25(21-24-15-10-7-11-16-24)31(39)35-20-12-17-26(35)29(37)32-5-2/h6-11,13-16,18-19,22,25-26,28H,4-5,12,17,20-21H2,1-3H3,(H,32,37)(H,33,38)(H,34,36)/b19-18+/t22?,25?,26-,28?/m0/s1. The van der Waals surface area contributed by atoms with Crippen LogP contribution in [0.4, 0.5) is 0 Å². The van der Waals surface area contributed by atoms with Crippen molar-refractivity contribution < 1.29 is 19.2 Å². The summed E-state index contributed by atoms with van der Waals surface area (Å²) in [4.78, 5) is 54.3. The molecule has 3 N–H and O–H groups in total. The number of carbonyl (C=O) groups excluding carboxylic acids is 4. The van der Waals surface area contributed by atoms with Crippen LogP contribution in [-0.4, -0.2) is 59.7 Å². The highest BCUT2D eigenvalue weighted by molar-refractivity contribution is 5.97. The van der Waals surface area contributed by atoms with Crippen LogP contribution in [0.1, 0.15) is 51.2 Å². The number of rotatable bonds is 12. The molecule has 1 saturated heterocycles. The molecule has 2 aromatic rings. The Labute approximate surface area is 231 Å². The van der Waals surface area contributed by atoms with Crippen molar-refractivity contribution in [3.05, 3.63) is 77.9 Å². The molecule has 3 unspecified atom stereocenters. The van der Waals surface area contributed by atoms with Gasteiger partial charge in [0.25, 0.3) is 0 Å². The summed E-state index contributed by atoms with van der Waals surface area (Å²) in [5.41, 5.74) is 1.76. The molecule has 1 aliphatic heterocycles. The summed E-state index contributed by atoms with van der Waals surface area (Å²) in [5.74, 6) is -1.45. The second-order valence-corrected chi connectivity index (χ2v) is 9.95. The Bertz CT molecular complexity index is 1140. The summed E-state index contributed by atoms with van der Waals surface area (Å²) in [6.07, 6.45) is 5.34. The molecule has 0 radical (unpaired) electrons. The van der Waals surface area contributed by atoms with Crippen molar-refractivity contribution in [2.75, 3.05) is 13.1 Å². The molecule has 2 aromatic carbocycles. The van der Waals surface area contributed by atoms with Crippen LogP contribution in [0.15, 0.2) is 66.7 Å². The lowest BCUT2D eigenvalue weighted by Gasteiger charge is -2.30. The van der Waals surface area contributed by atoms with Gasteiger partial charge in [-0.25, -0.2) is 0 Å². The minimum absolute atomic E-state index is 0.165. The van der Waals surface area contributed by atoms with Crippen molar-refractivity contribution in [2.45, 2.75) is 64.6 Å². The topological polar surface area (TPSA) is 108 Å². The largest absolute Gasteiger partial charge is 0.355 e. The summed E-state index contributed by atoms with van der Waals surface area (Å²) in [7, 11) is 0. The molecule has 4 atom stereocenters. The van der Waals surface area contributed by atoms with Crippen molar-refractivity contribution in [1.82, 2.24) is 20.9 Å². The van der Waals surface area contributed by atoms with E-state index < -0.39 is 24.0 Å². The molecule has 4 amide bonds. The Hall–Kier alpha value is -3.94. The Morgan fingerprint density at radius 2 is 1.64 bits per heavy atom. The zero-order valence-corrected chi connectivity index (χ0v) is 23.1. The first-order valence-corrected chi connectivity index (χ1v) is 13.8. The van der Waals surface area contributed by atoms with Crippen LogP contribution in [0, 0.1) is 5.92 Å². The highest BCUT2D eigenvalue weighted by Gasteiger charge is 2.38. The lowest BCUT2D eigenvalue weighted by atomic mass is 9.97. The second kappa shape index (κ2) is 14.9. The highest BCUT2D eigenvalue weighted by atomic mass is 16.2. The molecule has 1 heterocycles. The fourth-order valence-electron chi connectivity index (χ4n) is 4.75. The summed E-state index contributed by atoms with van der Waals surface area (Å²) in [5, 5.41) is 8.57. The van der Waals surface area contributed by atoms with Crippen molar-refractivity contribution in [3.8, 4) is 0 Å². The Kier molecular flexibility index (Phi) is 11.3. The molecule has 39 heavy (non-hydrogen) atoms. The molecule has 0 spiro atoms. The molecular formula is C31H40N4O4. The summed E-state index contributed by atoms with van der Waals surface area (Å²) >= 11 is 0. The van der Waals surface area contributed by atoms with Crippen molar-refractivity contribution >= 4 is 29.7 Å². The number of likely N-dealkylation sites (N-methyl/N-ethyl adjacent to an activating group) is 1. The van der Waals surface area contributed by atoms with Gasteiger partial charge in [0, 0.05) is 25.6 Å². The molecule has 1 aliphatic rings. The van der Waals surface area contributed by atoms with Gasteiger partial charge in [0.1, 0.15) is 18.1 Å². The van der Waals surface area contributed by atoms with Gasteiger partial charge in [0.15, 0.2) is 0 Å². The normalized spacial score (nSPS) is 17.3. The molecule has 8 heteroatoms. The van der Waals surface area contributed by atoms with Gasteiger partial charge in [-0.05, 0) is 42.9 Å². The predicted molar refractivity (Wildman–Crippen MR) is 152 cm³/mol. The third kappa shape index (κ3) is 8.53. The molecule has 0 aromatic heterocycles. The third-order valence-electron chi connectivity index (χ3n) is 7.11. The average molecular weight is 533 g/mol. The highest BCUT2D eigenvalue weighted by Crippen LogP contribution is 2.20. The maximum atomic E-state index is 13.8. The molecule has 8 nitrogen and oxygen atoms in total. The minimum atomic E-state index is -0.877. The van der Waals surface area contributed by atoms with Crippen LogP contribution < -0.4 is 16.0 Å². The molecule has 0 aliphatic carbocycles. The molecule has 208 valence electrons. The van der Waals surface area contributed by atoms with E-state index in [4.69, 9.17) is 0 Å². The minimum Gasteiger partial charge on any atom is -0.355 e. The van der Waals surface area contributed by atoms with Crippen molar-refractivity contribution in [3.63, 3.8) is 0 Å². The maximum absolute atomic E-state index is 13.8. The fraction of sp³-hybridized carbons (Fsp3) is 0.419. The van der Waals surface area contributed by atoms with E-state index in [9.17, 15) is 19.2 Å². The number of hydrogen-bond acceptors (Lipinski definition) is 4. The SMILES string of the molecule is CCNC(=O)[C@@H]1CCCN1C(=O)C(Cc1ccccc1)NC(=O)C(NC(=O)/C=C/c1ccccc1)C(C)CC. The number of nitrogens with zero attached hydrogens (tertiary/aromatic N) is 1.